The van der Waals surface area contributed by atoms with Crippen LogP contribution in [0.3, 0.4) is 0 Å². The number of aromatic nitrogens is 1. The third-order valence-corrected chi connectivity index (χ3v) is 4.77. The second kappa shape index (κ2) is 7.57. The van der Waals surface area contributed by atoms with Crippen molar-refractivity contribution in [2.24, 2.45) is 0 Å². The molecule has 23 heavy (non-hydrogen) atoms. The highest BCUT2D eigenvalue weighted by Gasteiger charge is 2.15. The number of morpholine rings is 1. The summed E-state index contributed by atoms with van der Waals surface area (Å²) in [6, 6.07) is 11.8. The van der Waals surface area contributed by atoms with Crippen molar-refractivity contribution >= 4 is 22.3 Å². The van der Waals surface area contributed by atoms with Crippen molar-refractivity contribution in [2.45, 2.75) is 11.4 Å². The van der Waals surface area contributed by atoms with E-state index in [0.29, 0.717) is 6.54 Å². The van der Waals surface area contributed by atoms with Crippen LogP contribution in [0, 0.1) is 0 Å². The highest BCUT2D eigenvalue weighted by molar-refractivity contribution is 7.84. The predicted molar refractivity (Wildman–Crippen MR) is 93.4 cm³/mol. The van der Waals surface area contributed by atoms with Crippen LogP contribution in [0.1, 0.15) is 5.56 Å². The van der Waals surface area contributed by atoms with Crippen LogP contribution in [0.15, 0.2) is 47.5 Å². The van der Waals surface area contributed by atoms with Crippen LogP contribution in [-0.4, -0.2) is 41.8 Å². The molecule has 1 aliphatic heterocycles. The number of pyridine rings is 1. The molecule has 5 nitrogen and oxygen atoms in total. The van der Waals surface area contributed by atoms with E-state index in [2.05, 4.69) is 15.2 Å². The minimum absolute atomic E-state index is 0.708. The lowest BCUT2D eigenvalue weighted by atomic mass is 10.2. The zero-order chi connectivity index (χ0) is 16.1. The molecular weight excluding hydrogens is 310 g/mol. The predicted octanol–water partition coefficient (Wildman–Crippen LogP) is 2.27. The van der Waals surface area contributed by atoms with E-state index >= 15 is 0 Å². The van der Waals surface area contributed by atoms with Crippen LogP contribution in [0.5, 0.6) is 0 Å². The molecule has 0 amide bonds. The Balaban J connectivity index is 1.69. The monoisotopic (exact) mass is 331 g/mol. The molecule has 2 aromatic rings. The van der Waals surface area contributed by atoms with Gasteiger partial charge in [-0.25, -0.2) is 4.98 Å². The van der Waals surface area contributed by atoms with Gasteiger partial charge >= 0.3 is 0 Å². The lowest BCUT2D eigenvalue weighted by Gasteiger charge is -2.29. The molecule has 0 aliphatic carbocycles. The van der Waals surface area contributed by atoms with E-state index in [0.717, 1.165) is 48.3 Å². The van der Waals surface area contributed by atoms with E-state index in [-0.39, 0.29) is 0 Å². The molecule has 0 saturated carbocycles. The Hall–Kier alpha value is -1.92. The molecule has 1 atom stereocenters. The van der Waals surface area contributed by atoms with Crippen molar-refractivity contribution in [1.29, 1.82) is 0 Å². The molecule has 2 heterocycles. The van der Waals surface area contributed by atoms with Gasteiger partial charge in [0.15, 0.2) is 5.82 Å². The number of nitrogens with zero attached hydrogens (tertiary/aromatic N) is 2. The Morgan fingerprint density at radius 3 is 2.65 bits per heavy atom. The van der Waals surface area contributed by atoms with Crippen LogP contribution in [0.2, 0.25) is 0 Å². The Morgan fingerprint density at radius 1 is 1.22 bits per heavy atom. The molecule has 1 unspecified atom stereocenters. The van der Waals surface area contributed by atoms with Gasteiger partial charge in [-0.3, -0.25) is 4.21 Å². The fourth-order valence-corrected chi connectivity index (χ4v) is 3.08. The summed E-state index contributed by atoms with van der Waals surface area (Å²) in [6.07, 6.45) is 3.51. The SMILES string of the molecule is CS(=O)c1ccc(CNc2cccnc2N2CCOCC2)cc1. The lowest BCUT2D eigenvalue weighted by molar-refractivity contribution is 0.122. The Bertz CT molecular complexity index is 670. The Labute approximate surface area is 139 Å². The average Bonchev–Trinajstić information content (AvgIpc) is 2.61. The van der Waals surface area contributed by atoms with Gasteiger partial charge < -0.3 is 15.0 Å². The van der Waals surface area contributed by atoms with Crippen molar-refractivity contribution in [2.75, 3.05) is 42.8 Å². The van der Waals surface area contributed by atoms with Crippen molar-refractivity contribution < 1.29 is 8.95 Å². The highest BCUT2D eigenvalue weighted by Crippen LogP contribution is 2.24. The largest absolute Gasteiger partial charge is 0.378 e. The van der Waals surface area contributed by atoms with Crippen molar-refractivity contribution in [3.05, 3.63) is 48.2 Å². The Morgan fingerprint density at radius 2 is 1.96 bits per heavy atom. The summed E-state index contributed by atoms with van der Waals surface area (Å²) in [5, 5.41) is 3.45. The van der Waals surface area contributed by atoms with Gasteiger partial charge in [-0.2, -0.15) is 0 Å². The van der Waals surface area contributed by atoms with Gasteiger partial charge in [0, 0.05) is 47.8 Å². The van der Waals surface area contributed by atoms with Gasteiger partial charge in [-0.1, -0.05) is 12.1 Å². The van der Waals surface area contributed by atoms with E-state index in [9.17, 15) is 4.21 Å². The molecule has 0 spiro atoms. The van der Waals surface area contributed by atoms with E-state index in [1.165, 1.54) is 0 Å². The van der Waals surface area contributed by atoms with E-state index in [1.54, 1.807) is 6.26 Å². The summed E-state index contributed by atoms with van der Waals surface area (Å²) in [5.74, 6) is 0.974. The van der Waals surface area contributed by atoms with Gasteiger partial charge in [0.2, 0.25) is 0 Å². The standard InChI is InChI=1S/C17H21N3O2S/c1-23(21)15-6-4-14(5-7-15)13-19-16-3-2-8-18-17(16)20-9-11-22-12-10-20/h2-8,19H,9-13H2,1H3. The maximum Gasteiger partial charge on any atom is 0.152 e. The molecule has 1 saturated heterocycles. The first-order chi connectivity index (χ1) is 11.2. The lowest BCUT2D eigenvalue weighted by Crippen LogP contribution is -2.37. The Kier molecular flexibility index (Phi) is 5.25. The summed E-state index contributed by atoms with van der Waals surface area (Å²) in [6.45, 7) is 3.92. The number of hydrogen-bond donors (Lipinski definition) is 1. The second-order valence-corrected chi connectivity index (χ2v) is 6.81. The van der Waals surface area contributed by atoms with E-state index in [1.807, 2.05) is 42.6 Å². The summed E-state index contributed by atoms with van der Waals surface area (Å²) in [4.78, 5) is 7.62. The molecule has 1 aromatic heterocycles. The van der Waals surface area contributed by atoms with Gasteiger partial charge in [-0.05, 0) is 29.8 Å². The average molecular weight is 331 g/mol. The molecule has 6 heteroatoms. The van der Waals surface area contributed by atoms with Crippen LogP contribution < -0.4 is 10.2 Å². The third-order valence-electron chi connectivity index (χ3n) is 3.84. The number of anilines is 2. The first-order valence-corrected chi connectivity index (χ1v) is 9.24. The number of ether oxygens (including phenoxy) is 1. The summed E-state index contributed by atoms with van der Waals surface area (Å²) >= 11 is 0. The molecule has 1 aromatic carbocycles. The van der Waals surface area contributed by atoms with Crippen molar-refractivity contribution in [1.82, 2.24) is 4.98 Å². The van der Waals surface area contributed by atoms with Crippen molar-refractivity contribution in [3.8, 4) is 0 Å². The molecular formula is C17H21N3O2S. The zero-order valence-corrected chi connectivity index (χ0v) is 14.0. The maximum absolute atomic E-state index is 11.4. The van der Waals surface area contributed by atoms with Gasteiger partial charge in [-0.15, -0.1) is 0 Å². The molecule has 0 bridgehead atoms. The third kappa shape index (κ3) is 4.09. The minimum Gasteiger partial charge on any atom is -0.378 e. The molecule has 0 radical (unpaired) electrons. The van der Waals surface area contributed by atoms with Crippen LogP contribution in [0.25, 0.3) is 0 Å². The van der Waals surface area contributed by atoms with E-state index < -0.39 is 10.8 Å². The summed E-state index contributed by atoms with van der Waals surface area (Å²) < 4.78 is 16.8. The summed E-state index contributed by atoms with van der Waals surface area (Å²) in [7, 11) is -0.933. The molecule has 122 valence electrons. The van der Waals surface area contributed by atoms with Crippen LogP contribution in [-0.2, 0) is 22.1 Å². The minimum atomic E-state index is -0.933. The number of nitrogens with one attached hydrogen (secondary N) is 1. The van der Waals surface area contributed by atoms with Crippen LogP contribution >= 0.6 is 0 Å². The first-order valence-electron chi connectivity index (χ1n) is 7.68. The maximum atomic E-state index is 11.4. The van der Waals surface area contributed by atoms with Gasteiger partial charge in [0.05, 0.1) is 18.9 Å². The second-order valence-electron chi connectivity index (χ2n) is 5.43. The molecule has 3 rings (SSSR count). The van der Waals surface area contributed by atoms with E-state index in [4.69, 9.17) is 4.74 Å². The topological polar surface area (TPSA) is 54.5 Å². The fraction of sp³-hybridized carbons (Fsp3) is 0.353. The number of benzene rings is 1. The number of hydrogen-bond acceptors (Lipinski definition) is 5. The van der Waals surface area contributed by atoms with Gasteiger partial charge in [0.1, 0.15) is 0 Å². The summed E-state index contributed by atoms with van der Waals surface area (Å²) in [5.41, 5.74) is 2.17. The zero-order valence-electron chi connectivity index (χ0n) is 13.2. The normalized spacial score (nSPS) is 16.1. The molecule has 1 aliphatic rings. The highest BCUT2D eigenvalue weighted by atomic mass is 32.2. The number of rotatable bonds is 5. The molecule has 1 N–H and O–H groups in total. The van der Waals surface area contributed by atoms with Gasteiger partial charge in [0.25, 0.3) is 0 Å². The smallest absolute Gasteiger partial charge is 0.152 e. The fourth-order valence-electron chi connectivity index (χ4n) is 2.56. The van der Waals surface area contributed by atoms with Crippen molar-refractivity contribution in [3.63, 3.8) is 0 Å². The quantitative estimate of drug-likeness (QED) is 0.911. The molecule has 1 fully saturated rings. The first kappa shape index (κ1) is 16.0. The van der Waals surface area contributed by atoms with Crippen LogP contribution in [0.4, 0.5) is 11.5 Å².